The highest BCUT2D eigenvalue weighted by Gasteiger charge is 2.40. The molecule has 0 aliphatic carbocycles. The summed E-state index contributed by atoms with van der Waals surface area (Å²) >= 11 is 0. The van der Waals surface area contributed by atoms with Crippen molar-refractivity contribution in [3.63, 3.8) is 0 Å². The van der Waals surface area contributed by atoms with Gasteiger partial charge in [0.1, 0.15) is 11.3 Å². The summed E-state index contributed by atoms with van der Waals surface area (Å²) in [6.07, 6.45) is 0. The van der Waals surface area contributed by atoms with Crippen molar-refractivity contribution in [2.75, 3.05) is 27.9 Å². The van der Waals surface area contributed by atoms with Crippen molar-refractivity contribution in [2.24, 2.45) is 5.73 Å². The Balaban J connectivity index is 2.10. The van der Waals surface area contributed by atoms with Crippen LogP contribution in [-0.4, -0.2) is 38.9 Å². The number of aromatic amines is 1. The maximum Gasteiger partial charge on any atom is 0.340 e. The zero-order valence-electron chi connectivity index (χ0n) is 18.7. The van der Waals surface area contributed by atoms with Gasteiger partial charge in [-0.3, -0.25) is 4.79 Å². The smallest absolute Gasteiger partial charge is 0.340 e. The molecule has 2 aromatic carbocycles. The topological polar surface area (TPSA) is 122 Å². The molecule has 0 saturated carbocycles. The SMILES string of the molecule is CCOC(=O)C1=C(N)Oc2c(c(=O)[nH]c3ccccc23)[C@H]1c1ccc(OC)c(OC)c1OC. The number of carbonyl (C=O) groups is 1. The number of hydrogen-bond donors (Lipinski definition) is 2. The highest BCUT2D eigenvalue weighted by molar-refractivity contribution is 5.95. The van der Waals surface area contributed by atoms with E-state index in [1.807, 2.05) is 6.07 Å². The number of para-hydroxylation sites is 1. The normalized spacial score (nSPS) is 15.0. The third-order valence-electron chi connectivity index (χ3n) is 5.50. The lowest BCUT2D eigenvalue weighted by molar-refractivity contribution is -0.139. The van der Waals surface area contributed by atoms with Gasteiger partial charge in [0.2, 0.25) is 11.6 Å². The average Bonchev–Trinajstić information content (AvgIpc) is 2.82. The summed E-state index contributed by atoms with van der Waals surface area (Å²) < 4.78 is 27.7. The Morgan fingerprint density at radius 3 is 2.45 bits per heavy atom. The van der Waals surface area contributed by atoms with Crippen LogP contribution < -0.4 is 30.2 Å². The lowest BCUT2D eigenvalue weighted by Gasteiger charge is -2.29. The van der Waals surface area contributed by atoms with Gasteiger partial charge in [-0.15, -0.1) is 0 Å². The molecule has 172 valence electrons. The molecule has 9 heteroatoms. The molecule has 3 N–H and O–H groups in total. The molecule has 0 unspecified atom stereocenters. The van der Waals surface area contributed by atoms with E-state index in [0.717, 1.165) is 0 Å². The molecular formula is C24H24N2O7. The summed E-state index contributed by atoms with van der Waals surface area (Å²) in [6.45, 7) is 1.80. The molecule has 4 rings (SSSR count). The number of ether oxygens (including phenoxy) is 5. The molecule has 3 aromatic rings. The van der Waals surface area contributed by atoms with Gasteiger partial charge >= 0.3 is 5.97 Å². The van der Waals surface area contributed by atoms with E-state index in [1.54, 1.807) is 37.3 Å². The Morgan fingerprint density at radius 2 is 1.79 bits per heavy atom. The van der Waals surface area contributed by atoms with Crippen molar-refractivity contribution < 1.29 is 28.5 Å². The van der Waals surface area contributed by atoms with E-state index >= 15 is 0 Å². The summed E-state index contributed by atoms with van der Waals surface area (Å²) in [5, 5.41) is 0.641. The van der Waals surface area contributed by atoms with Crippen LogP contribution >= 0.6 is 0 Å². The lowest BCUT2D eigenvalue weighted by Crippen LogP contribution is -2.32. The van der Waals surface area contributed by atoms with Gasteiger partial charge < -0.3 is 34.4 Å². The van der Waals surface area contributed by atoms with Crippen LogP contribution in [-0.2, 0) is 9.53 Å². The minimum atomic E-state index is -0.948. The van der Waals surface area contributed by atoms with Crippen molar-refractivity contribution in [3.05, 3.63) is 69.3 Å². The zero-order chi connectivity index (χ0) is 23.7. The maximum atomic E-state index is 13.3. The van der Waals surface area contributed by atoms with Gasteiger partial charge in [0.15, 0.2) is 11.5 Å². The molecule has 0 spiro atoms. The summed E-state index contributed by atoms with van der Waals surface area (Å²) in [6, 6.07) is 10.5. The number of pyridine rings is 1. The fourth-order valence-corrected chi connectivity index (χ4v) is 4.14. The summed E-state index contributed by atoms with van der Waals surface area (Å²) in [5.74, 6) is -0.514. The molecule has 0 fully saturated rings. The molecule has 1 aliphatic rings. The van der Waals surface area contributed by atoms with E-state index in [-0.39, 0.29) is 35.1 Å². The number of H-pyrrole nitrogens is 1. The zero-order valence-corrected chi connectivity index (χ0v) is 18.7. The molecule has 0 bridgehead atoms. The maximum absolute atomic E-state index is 13.3. The largest absolute Gasteiger partial charge is 0.493 e. The van der Waals surface area contributed by atoms with Gasteiger partial charge in [-0.1, -0.05) is 18.2 Å². The van der Waals surface area contributed by atoms with Gasteiger partial charge in [0.25, 0.3) is 5.56 Å². The lowest BCUT2D eigenvalue weighted by atomic mass is 9.82. The molecule has 1 aliphatic heterocycles. The Kier molecular flexibility index (Phi) is 5.87. The van der Waals surface area contributed by atoms with Gasteiger partial charge in [0.05, 0.1) is 44.9 Å². The summed E-state index contributed by atoms with van der Waals surface area (Å²) in [4.78, 5) is 29.2. The van der Waals surface area contributed by atoms with Crippen LogP contribution in [0.15, 0.2) is 52.6 Å². The van der Waals surface area contributed by atoms with Crippen molar-refractivity contribution in [2.45, 2.75) is 12.8 Å². The monoisotopic (exact) mass is 452 g/mol. The molecule has 33 heavy (non-hydrogen) atoms. The van der Waals surface area contributed by atoms with E-state index in [1.165, 1.54) is 21.3 Å². The highest BCUT2D eigenvalue weighted by atomic mass is 16.5. The molecule has 2 heterocycles. The minimum absolute atomic E-state index is 0.00403. The van der Waals surface area contributed by atoms with E-state index in [4.69, 9.17) is 29.4 Å². The van der Waals surface area contributed by atoms with Gasteiger partial charge in [0, 0.05) is 10.9 Å². The number of hydrogen-bond acceptors (Lipinski definition) is 8. The van der Waals surface area contributed by atoms with Crippen LogP contribution in [0.1, 0.15) is 24.0 Å². The molecule has 0 amide bonds. The average molecular weight is 452 g/mol. The van der Waals surface area contributed by atoms with Crippen LogP contribution in [0.5, 0.6) is 23.0 Å². The first-order chi connectivity index (χ1) is 16.0. The molecular weight excluding hydrogens is 428 g/mol. The van der Waals surface area contributed by atoms with Crippen LogP contribution in [0.3, 0.4) is 0 Å². The Bertz CT molecular complexity index is 1330. The van der Waals surface area contributed by atoms with Gasteiger partial charge in [-0.2, -0.15) is 0 Å². The summed E-state index contributed by atoms with van der Waals surface area (Å²) in [7, 11) is 4.43. The number of methoxy groups -OCH3 is 3. The highest BCUT2D eigenvalue weighted by Crippen LogP contribution is 2.50. The number of carbonyl (C=O) groups excluding carboxylic acids is 1. The van der Waals surface area contributed by atoms with Crippen molar-refractivity contribution in [1.82, 2.24) is 4.98 Å². The van der Waals surface area contributed by atoms with Crippen molar-refractivity contribution >= 4 is 16.9 Å². The predicted octanol–water partition coefficient (Wildman–Crippen LogP) is 2.81. The molecule has 0 radical (unpaired) electrons. The second-order valence-corrected chi connectivity index (χ2v) is 7.20. The minimum Gasteiger partial charge on any atom is -0.493 e. The fraction of sp³-hybridized carbons (Fsp3) is 0.250. The van der Waals surface area contributed by atoms with Crippen LogP contribution in [0.2, 0.25) is 0 Å². The van der Waals surface area contributed by atoms with Crippen LogP contribution in [0, 0.1) is 0 Å². The van der Waals surface area contributed by atoms with E-state index in [2.05, 4.69) is 4.98 Å². The third-order valence-corrected chi connectivity index (χ3v) is 5.50. The number of fused-ring (bicyclic) bond motifs is 3. The van der Waals surface area contributed by atoms with E-state index in [0.29, 0.717) is 28.0 Å². The summed E-state index contributed by atoms with van der Waals surface area (Å²) in [5.41, 5.74) is 7.07. The number of aromatic nitrogens is 1. The third kappa shape index (κ3) is 3.51. The van der Waals surface area contributed by atoms with Gasteiger partial charge in [-0.25, -0.2) is 4.79 Å². The first-order valence-corrected chi connectivity index (χ1v) is 10.2. The molecule has 1 atom stereocenters. The standard InChI is InChI=1S/C24H24N2O7/c1-5-32-24(28)18-16(13-10-11-15(29-2)21(31-4)20(13)30-3)17-19(33-22(18)25)12-8-6-7-9-14(12)26-23(17)27/h6-11,16H,5,25H2,1-4H3,(H,26,27)/t16-/m1/s1. The number of nitrogens with one attached hydrogen (secondary N) is 1. The first-order valence-electron chi connectivity index (χ1n) is 10.2. The quantitative estimate of drug-likeness (QED) is 0.548. The number of esters is 1. The number of rotatable bonds is 6. The number of benzene rings is 2. The Labute approximate surface area is 189 Å². The Morgan fingerprint density at radius 1 is 1.06 bits per heavy atom. The van der Waals surface area contributed by atoms with Crippen LogP contribution in [0.25, 0.3) is 10.9 Å². The van der Waals surface area contributed by atoms with Crippen molar-refractivity contribution in [3.8, 4) is 23.0 Å². The van der Waals surface area contributed by atoms with Crippen molar-refractivity contribution in [1.29, 1.82) is 0 Å². The molecule has 0 saturated heterocycles. The second kappa shape index (κ2) is 8.78. The van der Waals surface area contributed by atoms with Gasteiger partial charge in [-0.05, 0) is 25.1 Å². The molecule has 9 nitrogen and oxygen atoms in total. The number of nitrogens with two attached hydrogens (primary N) is 1. The Hall–Kier alpha value is -4.14. The van der Waals surface area contributed by atoms with Crippen LogP contribution in [0.4, 0.5) is 0 Å². The fourth-order valence-electron chi connectivity index (χ4n) is 4.14. The first kappa shape index (κ1) is 22.1. The molecule has 1 aromatic heterocycles. The second-order valence-electron chi connectivity index (χ2n) is 7.20. The predicted molar refractivity (Wildman–Crippen MR) is 121 cm³/mol. The van der Waals surface area contributed by atoms with E-state index in [9.17, 15) is 9.59 Å². The van der Waals surface area contributed by atoms with E-state index < -0.39 is 17.4 Å².